The molecule has 4 nitrogen and oxygen atoms in total. The van der Waals surface area contributed by atoms with Crippen molar-refractivity contribution in [2.24, 2.45) is 0 Å². The summed E-state index contributed by atoms with van der Waals surface area (Å²) in [5.74, 6) is -1.38. The van der Waals surface area contributed by atoms with Crippen molar-refractivity contribution in [1.82, 2.24) is 0 Å². The van der Waals surface area contributed by atoms with Crippen molar-refractivity contribution >= 4 is 11.9 Å². The molecule has 0 fully saturated rings. The van der Waals surface area contributed by atoms with Crippen LogP contribution in [0.15, 0.2) is 48.6 Å². The van der Waals surface area contributed by atoms with Crippen LogP contribution < -0.4 is 0 Å². The fourth-order valence-corrected chi connectivity index (χ4v) is 4.89. The highest BCUT2D eigenvalue weighted by molar-refractivity contribution is 5.77. The SMILES string of the molecule is CCCCC/C=C\C/C=C\C/C=C\C/C=C\CCCCCCCC(=O)OC(CCCCCCCCCCCC)C(=O)O. The normalized spacial score (nSPS) is 12.8. The molecule has 0 aliphatic carbocycles. The number of ether oxygens (including phenoxy) is 1. The van der Waals surface area contributed by atoms with Crippen LogP contribution in [0.5, 0.6) is 0 Å². The third-order valence-corrected chi connectivity index (χ3v) is 7.58. The highest BCUT2D eigenvalue weighted by Gasteiger charge is 2.21. The van der Waals surface area contributed by atoms with Crippen molar-refractivity contribution in [3.63, 3.8) is 0 Å². The van der Waals surface area contributed by atoms with E-state index in [0.29, 0.717) is 12.8 Å². The molecule has 0 aliphatic rings. The van der Waals surface area contributed by atoms with E-state index in [1.165, 1.54) is 77.0 Å². The van der Waals surface area contributed by atoms with Gasteiger partial charge < -0.3 is 9.84 Å². The minimum atomic E-state index is -1.02. The van der Waals surface area contributed by atoms with E-state index < -0.39 is 12.1 Å². The summed E-state index contributed by atoms with van der Waals surface area (Å²) in [6.45, 7) is 4.48. The van der Waals surface area contributed by atoms with Crippen molar-refractivity contribution < 1.29 is 19.4 Å². The van der Waals surface area contributed by atoms with E-state index in [-0.39, 0.29) is 5.97 Å². The number of rotatable bonds is 31. The van der Waals surface area contributed by atoms with Crippen molar-refractivity contribution in [2.75, 3.05) is 0 Å². The molecule has 0 radical (unpaired) electrons. The Hall–Kier alpha value is -2.10. The van der Waals surface area contributed by atoms with Gasteiger partial charge in [-0.3, -0.25) is 4.79 Å². The number of carbonyl (C=O) groups excluding carboxylic acids is 1. The molecule has 0 aromatic heterocycles. The van der Waals surface area contributed by atoms with Crippen LogP contribution in [-0.4, -0.2) is 23.1 Å². The van der Waals surface area contributed by atoms with Crippen LogP contribution in [0.25, 0.3) is 0 Å². The Balaban J connectivity index is 3.64. The number of unbranched alkanes of at least 4 members (excludes halogenated alkanes) is 17. The summed E-state index contributed by atoms with van der Waals surface area (Å²) in [6, 6.07) is 0. The molecule has 0 amide bonds. The van der Waals surface area contributed by atoms with Gasteiger partial charge in [-0.25, -0.2) is 4.79 Å². The Morgan fingerprint density at radius 2 is 0.905 bits per heavy atom. The van der Waals surface area contributed by atoms with E-state index in [1.807, 2.05) is 0 Å². The predicted octanol–water partition coefficient (Wildman–Crippen LogP) is 12.0. The molecule has 0 rings (SSSR count). The molecule has 0 bridgehead atoms. The van der Waals surface area contributed by atoms with Gasteiger partial charge in [0.15, 0.2) is 6.10 Å². The third-order valence-electron chi connectivity index (χ3n) is 7.58. The average Bonchev–Trinajstić information content (AvgIpc) is 2.98. The average molecular weight is 587 g/mol. The minimum absolute atomic E-state index is 0.318. The molecule has 0 heterocycles. The number of carbonyl (C=O) groups is 2. The summed E-state index contributed by atoms with van der Waals surface area (Å²) in [5.41, 5.74) is 0. The Kier molecular flexibility index (Phi) is 31.7. The monoisotopic (exact) mass is 586 g/mol. The van der Waals surface area contributed by atoms with Crippen LogP contribution >= 0.6 is 0 Å². The molecule has 0 aromatic carbocycles. The number of aliphatic carboxylic acids is 1. The summed E-state index contributed by atoms with van der Waals surface area (Å²) >= 11 is 0. The smallest absolute Gasteiger partial charge is 0.345 e. The van der Waals surface area contributed by atoms with Gasteiger partial charge in [0.05, 0.1) is 0 Å². The number of hydrogen-bond acceptors (Lipinski definition) is 3. The zero-order valence-corrected chi connectivity index (χ0v) is 27.5. The van der Waals surface area contributed by atoms with Crippen LogP contribution in [0, 0.1) is 0 Å². The second-order valence-corrected chi connectivity index (χ2v) is 11.7. The van der Waals surface area contributed by atoms with E-state index in [2.05, 4.69) is 62.5 Å². The molecule has 0 aliphatic heterocycles. The molecule has 242 valence electrons. The maximum atomic E-state index is 12.1. The van der Waals surface area contributed by atoms with Gasteiger partial charge in [-0.1, -0.05) is 152 Å². The topological polar surface area (TPSA) is 63.6 Å². The number of esters is 1. The van der Waals surface area contributed by atoms with Crippen LogP contribution in [0.2, 0.25) is 0 Å². The quantitative estimate of drug-likeness (QED) is 0.0498. The first-order chi connectivity index (χ1) is 20.6. The second-order valence-electron chi connectivity index (χ2n) is 11.7. The van der Waals surface area contributed by atoms with Gasteiger partial charge in [0.25, 0.3) is 0 Å². The first-order valence-electron chi connectivity index (χ1n) is 17.6. The fraction of sp³-hybridized carbons (Fsp3) is 0.737. The van der Waals surface area contributed by atoms with Crippen LogP contribution in [0.4, 0.5) is 0 Å². The summed E-state index contributed by atoms with van der Waals surface area (Å²) in [4.78, 5) is 23.6. The predicted molar refractivity (Wildman–Crippen MR) is 181 cm³/mol. The molecule has 1 atom stereocenters. The van der Waals surface area contributed by atoms with Crippen molar-refractivity contribution in [2.45, 2.75) is 180 Å². The third kappa shape index (κ3) is 30.8. The summed E-state index contributed by atoms with van der Waals surface area (Å²) in [6.07, 6.45) is 44.2. The molecule has 42 heavy (non-hydrogen) atoms. The van der Waals surface area contributed by atoms with Gasteiger partial charge in [-0.15, -0.1) is 0 Å². The number of hydrogen-bond donors (Lipinski definition) is 1. The molecular weight excluding hydrogens is 520 g/mol. The molecule has 0 saturated heterocycles. The minimum Gasteiger partial charge on any atom is -0.479 e. The summed E-state index contributed by atoms with van der Waals surface area (Å²) < 4.78 is 5.28. The first-order valence-corrected chi connectivity index (χ1v) is 17.6. The highest BCUT2D eigenvalue weighted by atomic mass is 16.6. The van der Waals surface area contributed by atoms with Crippen LogP contribution in [0.3, 0.4) is 0 Å². The lowest BCUT2D eigenvalue weighted by molar-refractivity contribution is -0.164. The Morgan fingerprint density at radius 1 is 0.524 bits per heavy atom. The van der Waals surface area contributed by atoms with Crippen LogP contribution in [0.1, 0.15) is 174 Å². The van der Waals surface area contributed by atoms with Crippen LogP contribution in [-0.2, 0) is 14.3 Å². The Bertz CT molecular complexity index is 719. The van der Waals surface area contributed by atoms with Gasteiger partial charge in [0, 0.05) is 6.42 Å². The van der Waals surface area contributed by atoms with Gasteiger partial charge in [-0.2, -0.15) is 0 Å². The van der Waals surface area contributed by atoms with E-state index in [1.54, 1.807) is 0 Å². The van der Waals surface area contributed by atoms with Gasteiger partial charge in [0.2, 0.25) is 0 Å². The van der Waals surface area contributed by atoms with Crippen molar-refractivity contribution in [3.05, 3.63) is 48.6 Å². The molecule has 0 spiro atoms. The van der Waals surface area contributed by atoms with Crippen molar-refractivity contribution in [3.8, 4) is 0 Å². The molecule has 1 unspecified atom stereocenters. The Morgan fingerprint density at radius 3 is 1.40 bits per heavy atom. The number of carboxylic acid groups (broad SMARTS) is 1. The molecular formula is C38H66O4. The molecule has 0 saturated carbocycles. The lowest BCUT2D eigenvalue weighted by atomic mass is 10.0. The van der Waals surface area contributed by atoms with Gasteiger partial charge in [-0.05, 0) is 64.2 Å². The van der Waals surface area contributed by atoms with E-state index >= 15 is 0 Å². The number of carboxylic acids is 1. The fourth-order valence-electron chi connectivity index (χ4n) is 4.89. The standard InChI is InChI=1S/C38H66O4/c1-3-5-7-9-11-13-15-16-17-18-19-20-21-22-23-24-25-27-29-31-33-35-37(39)42-36(38(40)41)34-32-30-28-26-14-12-10-8-6-4-2/h11,13,16-17,19-20,22-23,36H,3-10,12,14-15,18,21,24-35H2,1-2H3,(H,40,41)/b13-11-,17-16-,20-19-,23-22-. The largest absolute Gasteiger partial charge is 0.479 e. The lowest BCUT2D eigenvalue weighted by Crippen LogP contribution is -2.27. The highest BCUT2D eigenvalue weighted by Crippen LogP contribution is 2.15. The zero-order chi connectivity index (χ0) is 30.8. The van der Waals surface area contributed by atoms with E-state index in [4.69, 9.17) is 4.74 Å². The maximum Gasteiger partial charge on any atom is 0.345 e. The van der Waals surface area contributed by atoms with Gasteiger partial charge >= 0.3 is 11.9 Å². The zero-order valence-electron chi connectivity index (χ0n) is 27.5. The Labute approximate surface area is 260 Å². The first kappa shape index (κ1) is 39.9. The summed E-state index contributed by atoms with van der Waals surface area (Å²) in [7, 11) is 0. The lowest BCUT2D eigenvalue weighted by Gasteiger charge is -2.13. The van der Waals surface area contributed by atoms with E-state index in [0.717, 1.165) is 70.6 Å². The number of allylic oxidation sites excluding steroid dienone is 8. The molecule has 0 aromatic rings. The molecule has 4 heteroatoms. The van der Waals surface area contributed by atoms with Gasteiger partial charge in [0.1, 0.15) is 0 Å². The van der Waals surface area contributed by atoms with E-state index in [9.17, 15) is 14.7 Å². The second kappa shape index (κ2) is 33.4. The maximum absolute atomic E-state index is 12.1. The van der Waals surface area contributed by atoms with Crippen molar-refractivity contribution in [1.29, 1.82) is 0 Å². The summed E-state index contributed by atoms with van der Waals surface area (Å²) in [5, 5.41) is 9.42. The molecule has 1 N–H and O–H groups in total.